The van der Waals surface area contributed by atoms with Gasteiger partial charge in [0.25, 0.3) is 5.95 Å². The summed E-state index contributed by atoms with van der Waals surface area (Å²) in [7, 11) is 3.83. The average molecular weight is 599 g/mol. The second-order valence-corrected chi connectivity index (χ2v) is 8.74. The molecule has 41 heavy (non-hydrogen) atoms. The van der Waals surface area contributed by atoms with Gasteiger partial charge < -0.3 is 15.0 Å². The van der Waals surface area contributed by atoms with E-state index in [2.05, 4.69) is 30.4 Å². The molecule has 0 aliphatic heterocycles. The zero-order chi connectivity index (χ0) is 30.8. The van der Waals surface area contributed by atoms with Crippen LogP contribution in [0.15, 0.2) is 30.5 Å². The van der Waals surface area contributed by atoms with Crippen LogP contribution in [0.4, 0.5) is 45.5 Å². The van der Waals surface area contributed by atoms with E-state index in [4.69, 9.17) is 0 Å². The Kier molecular flexibility index (Phi) is 9.14. The minimum Gasteiger partial charge on any atom is -0.469 e. The van der Waals surface area contributed by atoms with Gasteiger partial charge in [0.05, 0.1) is 49.0 Å². The van der Waals surface area contributed by atoms with Gasteiger partial charge in [-0.3, -0.25) is 9.78 Å². The van der Waals surface area contributed by atoms with Gasteiger partial charge in [-0.15, -0.1) is 5.10 Å². The summed E-state index contributed by atoms with van der Waals surface area (Å²) in [6, 6.07) is 0.658. The molecule has 3 aromatic rings. The number of halogens is 9. The van der Waals surface area contributed by atoms with E-state index in [9.17, 15) is 44.3 Å². The topological polar surface area (TPSA) is 98.1 Å². The summed E-state index contributed by atoms with van der Waals surface area (Å²) in [5.74, 6) is -1.04. The van der Waals surface area contributed by atoms with Crippen LogP contribution < -0.4 is 10.2 Å². The van der Waals surface area contributed by atoms with Crippen molar-refractivity contribution in [3.8, 4) is 0 Å². The van der Waals surface area contributed by atoms with Crippen molar-refractivity contribution in [1.29, 1.82) is 0 Å². The molecule has 0 fully saturated rings. The van der Waals surface area contributed by atoms with Crippen LogP contribution in [0.2, 0.25) is 0 Å². The van der Waals surface area contributed by atoms with Crippen molar-refractivity contribution in [2.24, 2.45) is 7.05 Å². The van der Waals surface area contributed by atoms with Crippen molar-refractivity contribution in [2.45, 2.75) is 44.1 Å². The molecule has 2 heterocycles. The van der Waals surface area contributed by atoms with Crippen LogP contribution in [0.25, 0.3) is 0 Å². The molecule has 9 nitrogen and oxygen atoms in total. The molecule has 0 bridgehead atoms. The van der Waals surface area contributed by atoms with Crippen LogP contribution in [0.3, 0.4) is 0 Å². The quantitative estimate of drug-likeness (QED) is 0.280. The molecule has 1 unspecified atom stereocenters. The van der Waals surface area contributed by atoms with Gasteiger partial charge in [0.1, 0.15) is 0 Å². The molecule has 0 saturated carbocycles. The van der Waals surface area contributed by atoms with E-state index < -0.39 is 65.9 Å². The van der Waals surface area contributed by atoms with E-state index in [0.717, 1.165) is 16.8 Å². The molecule has 3 rings (SSSR count). The summed E-state index contributed by atoms with van der Waals surface area (Å²) in [4.78, 5) is 17.8. The van der Waals surface area contributed by atoms with Crippen LogP contribution in [-0.2, 0) is 48.2 Å². The highest BCUT2D eigenvalue weighted by Crippen LogP contribution is 2.37. The number of carbonyl (C=O) groups excluding carboxylic acids is 1. The van der Waals surface area contributed by atoms with Gasteiger partial charge in [-0.05, 0) is 47.7 Å². The first-order valence-corrected chi connectivity index (χ1v) is 11.5. The van der Waals surface area contributed by atoms with Gasteiger partial charge in [-0.25, -0.2) is 0 Å². The largest absolute Gasteiger partial charge is 0.469 e. The summed E-state index contributed by atoms with van der Waals surface area (Å²) in [6.45, 7) is -1.27. The summed E-state index contributed by atoms with van der Waals surface area (Å²) in [5, 5.41) is 14.0. The van der Waals surface area contributed by atoms with Crippen molar-refractivity contribution in [3.05, 3.63) is 64.0 Å². The number of anilines is 1. The number of rotatable bonds is 9. The van der Waals surface area contributed by atoms with Crippen LogP contribution in [-0.4, -0.2) is 45.3 Å². The molecule has 224 valence electrons. The molecule has 1 atom stereocenters. The molecule has 0 spiro atoms. The number of pyridine rings is 1. The average Bonchev–Trinajstić information content (AvgIpc) is 3.31. The first-order chi connectivity index (χ1) is 18.9. The lowest BCUT2D eigenvalue weighted by Crippen LogP contribution is -2.28. The van der Waals surface area contributed by atoms with Crippen LogP contribution >= 0.6 is 0 Å². The Morgan fingerprint density at radius 2 is 1.54 bits per heavy atom. The SMILES string of the molecule is CNC(CC(=O)OC)c1ncc(C(F)(F)F)cc1CN(Cc1cc(C(F)(F)F)cc(C(F)(F)F)c1)c1nnn(C)n1. The number of hydrogen-bond donors (Lipinski definition) is 1. The van der Waals surface area contributed by atoms with Crippen molar-refractivity contribution < 1.29 is 49.0 Å². The van der Waals surface area contributed by atoms with Crippen molar-refractivity contribution in [2.75, 3.05) is 19.1 Å². The van der Waals surface area contributed by atoms with Gasteiger partial charge in [-0.1, -0.05) is 5.10 Å². The monoisotopic (exact) mass is 599 g/mol. The number of esters is 1. The first-order valence-electron chi connectivity index (χ1n) is 11.5. The number of hydrogen-bond acceptors (Lipinski definition) is 8. The number of nitrogens with zero attached hydrogens (tertiary/aromatic N) is 6. The van der Waals surface area contributed by atoms with Crippen molar-refractivity contribution in [3.63, 3.8) is 0 Å². The lowest BCUT2D eigenvalue weighted by Gasteiger charge is -2.25. The third-order valence-corrected chi connectivity index (χ3v) is 5.77. The number of nitrogens with one attached hydrogen (secondary N) is 1. The second-order valence-electron chi connectivity index (χ2n) is 8.74. The molecule has 1 N–H and O–H groups in total. The number of tetrazole rings is 1. The third-order valence-electron chi connectivity index (χ3n) is 5.77. The van der Waals surface area contributed by atoms with E-state index in [-0.39, 0.29) is 29.7 Å². The number of methoxy groups -OCH3 is 1. The number of aryl methyl sites for hydroxylation is 1. The molecule has 0 amide bonds. The van der Waals surface area contributed by atoms with E-state index in [1.54, 1.807) is 0 Å². The molecular formula is C23H22F9N7O2. The third kappa shape index (κ3) is 8.05. The molecule has 18 heteroatoms. The highest BCUT2D eigenvalue weighted by molar-refractivity contribution is 5.70. The Hall–Kier alpha value is -3.96. The zero-order valence-electron chi connectivity index (χ0n) is 21.5. The van der Waals surface area contributed by atoms with E-state index >= 15 is 0 Å². The molecule has 0 aliphatic rings. The number of benzene rings is 1. The van der Waals surface area contributed by atoms with Crippen molar-refractivity contribution >= 4 is 11.9 Å². The Morgan fingerprint density at radius 1 is 0.951 bits per heavy atom. The fourth-order valence-electron chi connectivity index (χ4n) is 3.84. The predicted molar refractivity (Wildman–Crippen MR) is 123 cm³/mol. The maximum atomic E-state index is 13.6. The summed E-state index contributed by atoms with van der Waals surface area (Å²) in [5.41, 5.74) is -5.05. The van der Waals surface area contributed by atoms with Crippen molar-refractivity contribution in [1.82, 2.24) is 30.5 Å². The summed E-state index contributed by atoms with van der Waals surface area (Å²) in [6.07, 6.45) is -14.9. The molecule has 2 aromatic heterocycles. The minimum atomic E-state index is -5.13. The second kappa shape index (κ2) is 11.9. The molecular weight excluding hydrogens is 577 g/mol. The predicted octanol–water partition coefficient (Wildman–Crippen LogP) is 4.69. The summed E-state index contributed by atoms with van der Waals surface area (Å²) >= 11 is 0. The van der Waals surface area contributed by atoms with E-state index in [0.29, 0.717) is 24.4 Å². The maximum absolute atomic E-state index is 13.6. The standard InChI is InChI=1S/C23H22F9N7O2/c1-33-17(8-18(40)41-3)19-13(6-16(9-34-19)23(30,31)32)11-39(20-35-37-38(2)36-20)10-12-4-14(21(24,25)26)7-15(5-12)22(27,28)29/h4-7,9,17,33H,8,10-11H2,1-3H3. The van der Waals surface area contributed by atoms with Gasteiger partial charge in [0.2, 0.25) is 0 Å². The van der Waals surface area contributed by atoms with Gasteiger partial charge in [0, 0.05) is 19.3 Å². The maximum Gasteiger partial charge on any atom is 0.417 e. The fraction of sp³-hybridized carbons (Fsp3) is 0.435. The van der Waals surface area contributed by atoms with Crippen LogP contribution in [0.5, 0.6) is 0 Å². The molecule has 0 aliphatic carbocycles. The zero-order valence-corrected chi connectivity index (χ0v) is 21.5. The van der Waals surface area contributed by atoms with E-state index in [1.165, 1.54) is 14.1 Å². The number of aromatic nitrogens is 5. The Balaban J connectivity index is 2.15. The highest BCUT2D eigenvalue weighted by atomic mass is 19.4. The van der Waals surface area contributed by atoms with Gasteiger partial charge in [-0.2, -0.15) is 44.3 Å². The van der Waals surface area contributed by atoms with Gasteiger partial charge in [0.15, 0.2) is 0 Å². The molecule has 1 aromatic carbocycles. The van der Waals surface area contributed by atoms with Crippen LogP contribution in [0.1, 0.15) is 46.0 Å². The Bertz CT molecular complexity index is 1340. The fourth-order valence-corrected chi connectivity index (χ4v) is 3.84. The Morgan fingerprint density at radius 3 is 2.00 bits per heavy atom. The highest BCUT2D eigenvalue weighted by Gasteiger charge is 2.37. The number of ether oxygens (including phenoxy) is 1. The first kappa shape index (κ1) is 31.6. The van der Waals surface area contributed by atoms with Crippen LogP contribution in [0, 0.1) is 0 Å². The number of alkyl halides is 9. The van der Waals surface area contributed by atoms with E-state index in [1.807, 2.05) is 0 Å². The Labute approximate surface area is 226 Å². The normalized spacial score (nSPS) is 13.3. The lowest BCUT2D eigenvalue weighted by atomic mass is 10.0. The van der Waals surface area contributed by atoms with Gasteiger partial charge >= 0.3 is 24.5 Å². The smallest absolute Gasteiger partial charge is 0.417 e. The molecule has 0 radical (unpaired) electrons. The lowest BCUT2D eigenvalue weighted by molar-refractivity contribution is -0.143. The summed E-state index contributed by atoms with van der Waals surface area (Å²) < 4.78 is 126. The minimum absolute atomic E-state index is 0.0480. The molecule has 0 saturated heterocycles. The number of carbonyl (C=O) groups is 1.